The molecular formula is C103H105F5N24O9S5. The van der Waals surface area contributed by atoms with E-state index in [1.165, 1.54) is 82.8 Å². The SMILES string of the molecule is COCCOc1ccc(-c2n[nH]c3ccc(NC(=O)[C@]4(SC)CCN(CC(=O)N5CCC(F)(c6ncc(-c7ncccn7)s6)CC5)C4)cc23)cc1F.CO[C@@]1(C(=O)Nc2ccc3[nH]nc(-c4ccc(F)cc4)c3c2)CCN(CC(=O)N2CCC(F)(c3ncc(-c4ccccn4)s3)CC2)C1.CS[C@@]1(C(=O)Nc2ccc3[nH]nc(-c4ccnc(C)c4)c3c2)CCN(CC(=O)N2CCC(F)(c3ncc(-c4ncccn4)s3)CC2)C1. The number of pyridine rings is 2. The fourth-order valence-corrected chi connectivity index (χ4v) is 24.0. The van der Waals surface area contributed by atoms with E-state index in [2.05, 4.69) is 91.4 Å². The normalized spacial score (nSPS) is 19.4. The minimum absolute atomic E-state index is 0.0498. The number of aromatic amines is 3. The summed E-state index contributed by atoms with van der Waals surface area (Å²) >= 11 is 6.79. The van der Waals surface area contributed by atoms with Gasteiger partial charge >= 0.3 is 0 Å². The van der Waals surface area contributed by atoms with Crippen LogP contribution in [0.1, 0.15) is 78.5 Å². The maximum atomic E-state index is 16.0. The Balaban J connectivity index is 0.000000138. The number of likely N-dealkylation sites (tertiary alicyclic amines) is 6. The van der Waals surface area contributed by atoms with Gasteiger partial charge in [0.15, 0.2) is 45.8 Å². The molecule has 3 atom stereocenters. The summed E-state index contributed by atoms with van der Waals surface area (Å²) < 4.78 is 91.0. The lowest BCUT2D eigenvalue weighted by Crippen LogP contribution is -2.49. The van der Waals surface area contributed by atoms with Crippen LogP contribution in [-0.4, -0.2) is 294 Å². The second-order valence-corrected chi connectivity index (χ2v) is 42.5. The number of ether oxygens (including phenoxy) is 3. The minimum Gasteiger partial charge on any atom is -0.488 e. The van der Waals surface area contributed by atoms with Crippen LogP contribution in [0.3, 0.4) is 0 Å². The van der Waals surface area contributed by atoms with Gasteiger partial charge in [-0.15, -0.1) is 57.5 Å². The second kappa shape index (κ2) is 43.7. The first kappa shape index (κ1) is 101. The first-order valence-electron chi connectivity index (χ1n) is 47.8. The van der Waals surface area contributed by atoms with Gasteiger partial charge in [0, 0.05) is 243 Å². The Morgan fingerprint density at radius 3 is 1.27 bits per heavy atom. The van der Waals surface area contributed by atoms with Gasteiger partial charge in [-0.05, 0) is 172 Å². The lowest BCUT2D eigenvalue weighted by Gasteiger charge is -2.36. The molecular weight excluding hydrogens is 1970 g/mol. The number of fused-ring (bicyclic) bond motifs is 3. The van der Waals surface area contributed by atoms with Crippen LogP contribution in [-0.2, 0) is 55.2 Å². The van der Waals surface area contributed by atoms with Gasteiger partial charge in [-0.3, -0.25) is 68.7 Å². The standard InChI is InChI=1S/C36H38F2N8O4S2.C34H33F2N7O3S.C33H34FN9O2S2/c1-49-16-17-50-28-7-4-23(18-26(28)37)31-25-19-24(5-6-27(25)43-44-31)42-33(48)36(51-2)10-13-45(22-36)21-30(47)46-14-8-35(38,9-15-46)34-41-20-29(52-34)32-39-11-3-12-40-32;1-46-34(31(45)39-24-9-10-26-25(18-24)30(41-40-26)22-5-7-23(35)8-6-22)13-15-42(21-34)20-29(44)43-16-11-33(36,12-17-43)32-38-19-28(47-32)27-4-2-3-14-37-27;1-21-16-22(6-12-35-21)28-24-17-23(4-5-25(24)40-41-28)39-30(45)33(46-2)9-13-42(20-33)19-27(44)43-14-7-32(34,8-15-43)31-38-18-26(47-31)29-36-10-3-11-37-29/h3-7,11-12,18-20H,8-10,13-17,21-22H2,1-2H3,(H,42,48)(H,43,44);2-10,14,18-19H,11-13,15-17,20-21H2,1H3,(H,39,45)(H,40,41);3-6,10-12,16-18H,7-9,13-15,19-20H2,1-2H3,(H,39,45)(H,40,41)/t36-;34-;33-/m000/s1. The van der Waals surface area contributed by atoms with Crippen molar-refractivity contribution in [3.05, 3.63) is 228 Å². The second-order valence-electron chi connectivity index (χ2n) is 37.0. The Bertz CT molecular complexity index is 7230. The number of hydrogen-bond donors (Lipinski definition) is 6. The smallest absolute Gasteiger partial charge is 0.258 e. The molecule has 0 spiro atoms. The first-order chi connectivity index (χ1) is 70.7. The minimum atomic E-state index is -1.62. The molecule has 43 heteroatoms. The number of carbonyl (C=O) groups is 6. The number of aryl methyl sites for hydroxylation is 1. The summed E-state index contributed by atoms with van der Waals surface area (Å²) in [5.74, 6) is -0.483. The molecule has 0 radical (unpaired) electrons. The molecule has 6 saturated heterocycles. The van der Waals surface area contributed by atoms with Crippen LogP contribution in [0.4, 0.5) is 39.0 Å². The molecule has 0 unspecified atom stereocenters. The van der Waals surface area contributed by atoms with Crippen LogP contribution < -0.4 is 20.7 Å². The lowest BCUT2D eigenvalue weighted by atomic mass is 9.94. The average molecular weight is 2080 g/mol. The number of nitrogens with zero attached hydrogens (tertiary/aromatic N) is 18. The number of thiazole rings is 3. The van der Waals surface area contributed by atoms with Gasteiger partial charge in [0.2, 0.25) is 29.5 Å². The summed E-state index contributed by atoms with van der Waals surface area (Å²) in [7, 11) is 3.05. The molecule has 21 rings (SSSR count). The molecule has 146 heavy (non-hydrogen) atoms. The Labute approximate surface area is 856 Å². The number of amides is 6. The summed E-state index contributed by atoms with van der Waals surface area (Å²) in [6.45, 7) is 7.51. The number of anilines is 3. The summed E-state index contributed by atoms with van der Waals surface area (Å²) in [4.78, 5) is 133. The highest BCUT2D eigenvalue weighted by Gasteiger charge is 2.51. The van der Waals surface area contributed by atoms with Gasteiger partial charge in [-0.1, -0.05) is 6.07 Å². The van der Waals surface area contributed by atoms with Gasteiger partial charge in [0.05, 0.1) is 68.8 Å². The summed E-state index contributed by atoms with van der Waals surface area (Å²) in [6.07, 6.45) is 21.4. The Morgan fingerprint density at radius 1 is 0.418 bits per heavy atom. The zero-order valence-electron chi connectivity index (χ0n) is 80.5. The molecule has 6 N–H and O–H groups in total. The molecule has 15 aromatic rings. The quantitative estimate of drug-likeness (QED) is 0.0196. The third-order valence-electron chi connectivity index (χ3n) is 27.8. The number of nitrogens with one attached hydrogen (secondary N) is 6. The summed E-state index contributed by atoms with van der Waals surface area (Å²) in [5.41, 5.74) is 4.17. The number of H-pyrrole nitrogens is 3. The maximum Gasteiger partial charge on any atom is 0.258 e. The molecule has 10 aromatic heterocycles. The van der Waals surface area contributed by atoms with Gasteiger partial charge < -0.3 is 44.9 Å². The van der Waals surface area contributed by atoms with Crippen LogP contribution in [0.25, 0.3) is 98.5 Å². The fraction of sp³-hybridized carbons (Fsp3) is 0.359. The number of rotatable bonds is 28. The molecule has 6 amide bonds. The molecule has 0 aliphatic carbocycles. The molecule has 16 heterocycles. The van der Waals surface area contributed by atoms with E-state index in [1.54, 1.807) is 126 Å². The van der Waals surface area contributed by atoms with E-state index in [4.69, 9.17) is 14.2 Å². The topological polar surface area (TPSA) is 388 Å². The van der Waals surface area contributed by atoms with Crippen LogP contribution in [0.2, 0.25) is 0 Å². The van der Waals surface area contributed by atoms with Crippen molar-refractivity contribution in [2.75, 3.05) is 154 Å². The fourth-order valence-electron chi connectivity index (χ4n) is 19.3. The van der Waals surface area contributed by atoms with E-state index >= 15 is 13.2 Å². The van der Waals surface area contributed by atoms with E-state index in [9.17, 15) is 37.5 Å². The van der Waals surface area contributed by atoms with Gasteiger partial charge in [0.1, 0.15) is 48.3 Å². The average Bonchev–Trinajstić information content (AvgIpc) is 1.62. The lowest BCUT2D eigenvalue weighted by molar-refractivity contribution is -0.139. The van der Waals surface area contributed by atoms with Crippen molar-refractivity contribution in [1.29, 1.82) is 0 Å². The number of hydrogen-bond acceptors (Lipinski definition) is 29. The van der Waals surface area contributed by atoms with Crippen LogP contribution in [0.15, 0.2) is 195 Å². The van der Waals surface area contributed by atoms with Gasteiger partial charge in [-0.25, -0.2) is 56.8 Å². The van der Waals surface area contributed by atoms with Crippen molar-refractivity contribution >= 4 is 143 Å². The van der Waals surface area contributed by atoms with Crippen molar-refractivity contribution in [2.24, 2.45) is 0 Å². The van der Waals surface area contributed by atoms with Crippen molar-refractivity contribution < 1.29 is 64.9 Å². The largest absolute Gasteiger partial charge is 0.488 e. The Kier molecular flexibility index (Phi) is 30.3. The van der Waals surface area contributed by atoms with Gasteiger partial charge in [0.25, 0.3) is 5.91 Å². The molecule has 0 bridgehead atoms. The third-order valence-corrected chi connectivity index (χ3v) is 33.9. The van der Waals surface area contributed by atoms with E-state index < -0.39 is 37.9 Å². The monoisotopic (exact) mass is 2080 g/mol. The zero-order chi connectivity index (χ0) is 101. The molecule has 6 aliphatic heterocycles. The van der Waals surface area contributed by atoms with Crippen molar-refractivity contribution in [3.8, 4) is 71.5 Å². The van der Waals surface area contributed by atoms with Crippen molar-refractivity contribution in [1.82, 2.24) is 105 Å². The highest BCUT2D eigenvalue weighted by molar-refractivity contribution is 8.01. The number of alkyl halides is 3. The van der Waals surface area contributed by atoms with E-state index in [-0.39, 0.29) is 144 Å². The highest BCUT2D eigenvalue weighted by atomic mass is 32.2. The van der Waals surface area contributed by atoms with Crippen LogP contribution >= 0.6 is 57.5 Å². The molecule has 756 valence electrons. The van der Waals surface area contributed by atoms with E-state index in [0.717, 1.165) is 70.7 Å². The third kappa shape index (κ3) is 22.0. The number of methoxy groups -OCH3 is 2. The Hall–Kier alpha value is -13.4. The van der Waals surface area contributed by atoms with Crippen LogP contribution in [0.5, 0.6) is 5.75 Å². The predicted octanol–water partition coefficient (Wildman–Crippen LogP) is 16.0. The maximum absolute atomic E-state index is 16.0. The zero-order valence-corrected chi connectivity index (χ0v) is 84.6. The van der Waals surface area contributed by atoms with Gasteiger partial charge in [-0.2, -0.15) is 15.3 Å². The summed E-state index contributed by atoms with van der Waals surface area (Å²) in [6, 6.07) is 40.3. The molecule has 6 fully saturated rings. The number of halogens is 5. The number of thioether (sulfide) groups is 2. The van der Waals surface area contributed by atoms with E-state index in [1.807, 2.05) is 107 Å². The molecule has 5 aromatic carbocycles. The van der Waals surface area contributed by atoms with Crippen LogP contribution in [0, 0.1) is 18.6 Å². The van der Waals surface area contributed by atoms with Crippen molar-refractivity contribution in [3.63, 3.8) is 0 Å². The highest BCUT2D eigenvalue weighted by Crippen LogP contribution is 2.47. The predicted molar refractivity (Wildman–Crippen MR) is 553 cm³/mol. The van der Waals surface area contributed by atoms with Crippen molar-refractivity contribution in [2.45, 2.75) is 96.8 Å². The molecule has 0 saturated carbocycles. The number of carbonyl (C=O) groups excluding carboxylic acids is 6. The Morgan fingerprint density at radius 2 is 0.836 bits per heavy atom. The molecule has 6 aliphatic rings. The molecule has 33 nitrogen and oxygen atoms in total. The van der Waals surface area contributed by atoms with E-state index in [0.29, 0.717) is 137 Å². The summed E-state index contributed by atoms with van der Waals surface area (Å²) in [5, 5.41) is 35.1. The first-order valence-corrected chi connectivity index (χ1v) is 52.7. The number of benzene rings is 5. The number of aromatic nitrogens is 15. The number of piperidine rings is 3.